The van der Waals surface area contributed by atoms with Crippen LogP contribution < -0.4 is 11.2 Å². The molecule has 19 heavy (non-hydrogen) atoms. The lowest BCUT2D eigenvalue weighted by Gasteiger charge is -1.94. The van der Waals surface area contributed by atoms with Crippen LogP contribution in [0.1, 0.15) is 11.3 Å². The molecule has 0 atom stereocenters. The maximum absolute atomic E-state index is 5.67. The number of nitrogens with one attached hydrogen (secondary N) is 1. The summed E-state index contributed by atoms with van der Waals surface area (Å²) in [6, 6.07) is 5.92. The van der Waals surface area contributed by atoms with E-state index in [4.69, 9.17) is 5.73 Å². The van der Waals surface area contributed by atoms with E-state index >= 15 is 0 Å². The molecule has 7 heteroatoms. The van der Waals surface area contributed by atoms with Crippen LogP contribution in [-0.4, -0.2) is 16.2 Å². The summed E-state index contributed by atoms with van der Waals surface area (Å²) in [4.78, 5) is 8.48. The molecule has 3 aromatic rings. The van der Waals surface area contributed by atoms with Crippen molar-refractivity contribution in [2.75, 3.05) is 11.2 Å². The number of nitrogens with zero attached hydrogens (tertiary/aromatic N) is 3. The Balaban J connectivity index is 1.77. The summed E-state index contributed by atoms with van der Waals surface area (Å²) in [5, 5.41) is 7.51. The molecule has 0 fully saturated rings. The molecule has 0 saturated heterocycles. The zero-order chi connectivity index (χ0) is 13.2. The summed E-state index contributed by atoms with van der Waals surface area (Å²) in [7, 11) is 0. The van der Waals surface area contributed by atoms with Gasteiger partial charge in [-0.15, -0.1) is 11.3 Å². The second-order valence-electron chi connectivity index (χ2n) is 3.94. The van der Waals surface area contributed by atoms with E-state index < -0.39 is 0 Å². The highest BCUT2D eigenvalue weighted by atomic mass is 32.1. The van der Waals surface area contributed by atoms with Gasteiger partial charge in [-0.2, -0.15) is 5.10 Å². The summed E-state index contributed by atoms with van der Waals surface area (Å²) >= 11 is 3.00. The number of aryl methyl sites for hydroxylation is 1. The Kier molecular flexibility index (Phi) is 3.14. The van der Waals surface area contributed by atoms with E-state index in [0.717, 1.165) is 26.6 Å². The van der Waals surface area contributed by atoms with Gasteiger partial charge in [0.1, 0.15) is 0 Å². The Hall–Kier alpha value is -1.99. The van der Waals surface area contributed by atoms with E-state index in [1.165, 1.54) is 22.7 Å². The van der Waals surface area contributed by atoms with Crippen LogP contribution in [-0.2, 0) is 0 Å². The average molecular weight is 289 g/mol. The van der Waals surface area contributed by atoms with Crippen LogP contribution in [0.2, 0.25) is 0 Å². The van der Waals surface area contributed by atoms with Gasteiger partial charge in [0.25, 0.3) is 0 Å². The van der Waals surface area contributed by atoms with Crippen LogP contribution in [0.25, 0.3) is 10.2 Å². The number of thiazole rings is 2. The number of nitrogen functional groups attached to an aromatic ring is 1. The second-order valence-corrected chi connectivity index (χ2v) is 5.86. The van der Waals surface area contributed by atoms with Crippen LogP contribution in [0.3, 0.4) is 0 Å². The molecule has 3 rings (SSSR count). The van der Waals surface area contributed by atoms with Crippen molar-refractivity contribution >= 4 is 49.4 Å². The number of hydrogen-bond acceptors (Lipinski definition) is 7. The third-order valence-electron chi connectivity index (χ3n) is 2.42. The monoisotopic (exact) mass is 289 g/mol. The Morgan fingerprint density at radius 3 is 3.05 bits per heavy atom. The molecule has 96 valence electrons. The highest BCUT2D eigenvalue weighted by molar-refractivity contribution is 7.22. The van der Waals surface area contributed by atoms with E-state index in [-0.39, 0.29) is 0 Å². The predicted molar refractivity (Wildman–Crippen MR) is 82.1 cm³/mol. The number of fused-ring (bicyclic) bond motifs is 1. The van der Waals surface area contributed by atoms with Crippen LogP contribution in [0.15, 0.2) is 28.7 Å². The first-order valence-electron chi connectivity index (χ1n) is 5.58. The fraction of sp³-hybridized carbons (Fsp3) is 0.0833. The molecule has 0 saturated carbocycles. The highest BCUT2D eigenvalue weighted by Gasteiger charge is 2.01. The molecule has 0 radical (unpaired) electrons. The number of benzene rings is 1. The standard InChI is InChI=1S/C12H11N5S2/c1-7-6-18-12(15-7)17-14-5-8-2-3-9-10(4-8)19-11(13)16-9/h2-6H,1H3,(H2,13,16)(H,15,17). The van der Waals surface area contributed by atoms with E-state index in [1.54, 1.807) is 6.21 Å². The van der Waals surface area contributed by atoms with Gasteiger partial charge in [0.2, 0.25) is 5.13 Å². The van der Waals surface area contributed by atoms with Gasteiger partial charge < -0.3 is 5.73 Å². The van der Waals surface area contributed by atoms with Gasteiger partial charge >= 0.3 is 0 Å². The summed E-state index contributed by atoms with van der Waals surface area (Å²) in [5.74, 6) is 0. The van der Waals surface area contributed by atoms with Crippen molar-refractivity contribution in [3.05, 3.63) is 34.8 Å². The molecule has 1 aromatic carbocycles. The normalized spacial score (nSPS) is 11.4. The lowest BCUT2D eigenvalue weighted by Crippen LogP contribution is -1.89. The Morgan fingerprint density at radius 2 is 2.26 bits per heavy atom. The van der Waals surface area contributed by atoms with E-state index in [0.29, 0.717) is 5.13 Å². The molecule has 0 aliphatic carbocycles. The van der Waals surface area contributed by atoms with Gasteiger partial charge in [0.05, 0.1) is 22.1 Å². The van der Waals surface area contributed by atoms with Crippen LogP contribution in [0.5, 0.6) is 0 Å². The first-order chi connectivity index (χ1) is 9.20. The quantitative estimate of drug-likeness (QED) is 0.574. The SMILES string of the molecule is Cc1csc(NN=Cc2ccc3nc(N)sc3c2)n1. The number of nitrogens with two attached hydrogens (primary N) is 1. The molecule has 2 heterocycles. The van der Waals surface area contributed by atoms with Crippen molar-refractivity contribution in [1.29, 1.82) is 0 Å². The molecular formula is C12H11N5S2. The number of hydrazone groups is 1. The van der Waals surface area contributed by atoms with Crippen LogP contribution in [0, 0.1) is 6.92 Å². The van der Waals surface area contributed by atoms with Crippen molar-refractivity contribution in [3.8, 4) is 0 Å². The third kappa shape index (κ3) is 2.72. The van der Waals surface area contributed by atoms with Crippen LogP contribution in [0.4, 0.5) is 10.3 Å². The minimum absolute atomic E-state index is 0.584. The Bertz CT molecular complexity index is 744. The molecule has 0 amide bonds. The van der Waals surface area contributed by atoms with Crippen LogP contribution >= 0.6 is 22.7 Å². The lowest BCUT2D eigenvalue weighted by atomic mass is 10.2. The zero-order valence-corrected chi connectivity index (χ0v) is 11.8. The van der Waals surface area contributed by atoms with Crippen molar-refractivity contribution < 1.29 is 0 Å². The van der Waals surface area contributed by atoms with E-state index in [9.17, 15) is 0 Å². The minimum atomic E-state index is 0.584. The smallest absolute Gasteiger partial charge is 0.203 e. The van der Waals surface area contributed by atoms with Gasteiger partial charge in [0, 0.05) is 5.38 Å². The van der Waals surface area contributed by atoms with Gasteiger partial charge in [-0.3, -0.25) is 5.43 Å². The molecule has 5 nitrogen and oxygen atoms in total. The minimum Gasteiger partial charge on any atom is -0.375 e. The highest BCUT2D eigenvalue weighted by Crippen LogP contribution is 2.24. The number of anilines is 2. The van der Waals surface area contributed by atoms with Gasteiger partial charge in [0.15, 0.2) is 5.13 Å². The molecule has 0 bridgehead atoms. The largest absolute Gasteiger partial charge is 0.375 e. The van der Waals surface area contributed by atoms with E-state index in [2.05, 4.69) is 20.5 Å². The first kappa shape index (κ1) is 12.1. The zero-order valence-electron chi connectivity index (χ0n) is 10.1. The molecule has 3 N–H and O–H groups in total. The van der Waals surface area contributed by atoms with Crippen molar-refractivity contribution in [1.82, 2.24) is 9.97 Å². The predicted octanol–water partition coefficient (Wildman–Crippen LogP) is 3.09. The summed E-state index contributed by atoms with van der Waals surface area (Å²) in [5.41, 5.74) is 11.5. The first-order valence-corrected chi connectivity index (χ1v) is 7.27. The molecule has 2 aromatic heterocycles. The number of aromatic nitrogens is 2. The maximum Gasteiger partial charge on any atom is 0.203 e. The average Bonchev–Trinajstić information content (AvgIpc) is 2.94. The molecule has 0 unspecified atom stereocenters. The van der Waals surface area contributed by atoms with Crippen molar-refractivity contribution in [2.45, 2.75) is 6.92 Å². The summed E-state index contributed by atoms with van der Waals surface area (Å²) in [6.45, 7) is 1.95. The summed E-state index contributed by atoms with van der Waals surface area (Å²) < 4.78 is 1.06. The third-order valence-corrected chi connectivity index (χ3v) is 4.13. The molecule has 0 aliphatic rings. The Morgan fingerprint density at radius 1 is 1.37 bits per heavy atom. The van der Waals surface area contributed by atoms with Gasteiger partial charge in [-0.25, -0.2) is 9.97 Å². The topological polar surface area (TPSA) is 76.2 Å². The Labute approximate surface area is 117 Å². The van der Waals surface area contributed by atoms with Gasteiger partial charge in [-0.05, 0) is 24.6 Å². The maximum atomic E-state index is 5.67. The summed E-state index contributed by atoms with van der Waals surface area (Å²) in [6.07, 6.45) is 1.76. The molecule has 0 aliphatic heterocycles. The lowest BCUT2D eigenvalue weighted by molar-refractivity contribution is 1.22. The number of rotatable bonds is 3. The molecular weight excluding hydrogens is 278 g/mol. The molecule has 0 spiro atoms. The second kappa shape index (κ2) is 4.94. The van der Waals surface area contributed by atoms with E-state index in [1.807, 2.05) is 30.5 Å². The fourth-order valence-electron chi connectivity index (χ4n) is 1.61. The van der Waals surface area contributed by atoms with Gasteiger partial charge in [-0.1, -0.05) is 17.4 Å². The fourth-order valence-corrected chi connectivity index (χ4v) is 3.03. The van der Waals surface area contributed by atoms with Crippen molar-refractivity contribution in [3.63, 3.8) is 0 Å². The number of hydrogen-bond donors (Lipinski definition) is 2. The van der Waals surface area contributed by atoms with Crippen molar-refractivity contribution in [2.24, 2.45) is 5.10 Å².